The predicted molar refractivity (Wildman–Crippen MR) is 89.4 cm³/mol. The molecule has 0 spiro atoms. The molecular formula is C17H32N2O3. The van der Waals surface area contributed by atoms with E-state index in [-0.39, 0.29) is 6.04 Å². The molecule has 0 saturated heterocycles. The third kappa shape index (κ3) is 7.14. The standard InChI is InChI=1S/C17H32N2O3/c1-3-5-7-9-11-13-15(14-12-10-8-6-4-2)19-16(20)18-17(21)22-19/h15H,3-14H2,1-2H3,(H,18,20,21). The molecule has 128 valence electrons. The fourth-order valence-electron chi connectivity index (χ4n) is 2.88. The van der Waals surface area contributed by atoms with E-state index in [2.05, 4.69) is 18.8 Å². The van der Waals surface area contributed by atoms with Crippen LogP contribution in [-0.4, -0.2) is 9.72 Å². The zero-order chi connectivity index (χ0) is 16.2. The Kier molecular flexibility index (Phi) is 9.67. The molecule has 0 aliphatic carbocycles. The molecule has 1 aromatic rings. The lowest BCUT2D eigenvalue weighted by atomic mass is 10.0. The van der Waals surface area contributed by atoms with E-state index in [9.17, 15) is 9.59 Å². The van der Waals surface area contributed by atoms with Gasteiger partial charge in [-0.05, 0) is 12.8 Å². The van der Waals surface area contributed by atoms with Crippen LogP contribution in [0.4, 0.5) is 0 Å². The van der Waals surface area contributed by atoms with Gasteiger partial charge in [-0.15, -0.1) is 4.74 Å². The summed E-state index contributed by atoms with van der Waals surface area (Å²) < 4.78 is 6.29. The summed E-state index contributed by atoms with van der Waals surface area (Å²) >= 11 is 0. The number of aromatic amines is 1. The van der Waals surface area contributed by atoms with E-state index < -0.39 is 11.4 Å². The van der Waals surface area contributed by atoms with Crippen molar-refractivity contribution in [3.63, 3.8) is 0 Å². The second-order valence-electron chi connectivity index (χ2n) is 6.19. The minimum absolute atomic E-state index is 0.0229. The maximum absolute atomic E-state index is 11.8. The largest absolute Gasteiger partial charge is 0.440 e. The van der Waals surface area contributed by atoms with Gasteiger partial charge in [0.15, 0.2) is 0 Å². The first-order valence-corrected chi connectivity index (χ1v) is 9.01. The van der Waals surface area contributed by atoms with Crippen LogP contribution in [-0.2, 0) is 0 Å². The second kappa shape index (κ2) is 11.3. The summed E-state index contributed by atoms with van der Waals surface area (Å²) in [5.41, 5.74) is -0.405. The lowest BCUT2D eigenvalue weighted by molar-refractivity contribution is 0.176. The van der Waals surface area contributed by atoms with Crippen LogP contribution in [0.1, 0.15) is 96.9 Å². The normalized spacial score (nSPS) is 11.4. The van der Waals surface area contributed by atoms with Crippen LogP contribution >= 0.6 is 0 Å². The molecule has 0 aliphatic rings. The van der Waals surface area contributed by atoms with Crippen LogP contribution in [0.3, 0.4) is 0 Å². The molecule has 0 atom stereocenters. The Hall–Kier alpha value is -1.26. The average molecular weight is 312 g/mol. The summed E-state index contributed by atoms with van der Waals surface area (Å²) in [7, 11) is 0. The van der Waals surface area contributed by atoms with Crippen LogP contribution in [0, 0.1) is 0 Å². The lowest BCUT2D eigenvalue weighted by Crippen LogP contribution is -2.22. The maximum Gasteiger partial charge on any atom is 0.440 e. The monoisotopic (exact) mass is 312 g/mol. The highest BCUT2D eigenvalue weighted by molar-refractivity contribution is 4.68. The molecule has 0 aliphatic heterocycles. The van der Waals surface area contributed by atoms with Crippen LogP contribution in [0.2, 0.25) is 0 Å². The Balaban J connectivity index is 2.48. The number of aromatic nitrogens is 2. The Labute approximate surface area is 133 Å². The Morgan fingerprint density at radius 1 is 0.864 bits per heavy atom. The minimum atomic E-state index is -0.646. The van der Waals surface area contributed by atoms with Gasteiger partial charge in [-0.2, -0.15) is 0 Å². The Morgan fingerprint density at radius 2 is 1.36 bits per heavy atom. The van der Waals surface area contributed by atoms with E-state index in [1.807, 2.05) is 0 Å². The minimum Gasteiger partial charge on any atom is -0.317 e. The summed E-state index contributed by atoms with van der Waals surface area (Å²) in [5, 5.41) is 0. The maximum atomic E-state index is 11.8. The van der Waals surface area contributed by atoms with E-state index in [1.54, 1.807) is 0 Å². The molecule has 0 unspecified atom stereocenters. The molecule has 1 aromatic heterocycles. The molecule has 22 heavy (non-hydrogen) atoms. The molecule has 0 radical (unpaired) electrons. The van der Waals surface area contributed by atoms with Crippen molar-refractivity contribution in [1.82, 2.24) is 9.72 Å². The molecule has 5 nitrogen and oxygen atoms in total. The first kappa shape index (κ1) is 18.8. The fraction of sp³-hybridized carbons (Fsp3) is 0.882. The number of hydrogen-bond acceptors (Lipinski definition) is 3. The number of hydrogen-bond donors (Lipinski definition) is 1. The van der Waals surface area contributed by atoms with Crippen molar-refractivity contribution in [2.75, 3.05) is 0 Å². The van der Waals surface area contributed by atoms with Crippen molar-refractivity contribution in [2.45, 2.75) is 96.9 Å². The van der Waals surface area contributed by atoms with Crippen LogP contribution < -0.4 is 11.4 Å². The van der Waals surface area contributed by atoms with Gasteiger partial charge in [0.05, 0.1) is 6.04 Å². The molecular weight excluding hydrogens is 280 g/mol. The predicted octanol–water partition coefficient (Wildman–Crippen LogP) is 4.39. The van der Waals surface area contributed by atoms with Crippen molar-refractivity contribution < 1.29 is 4.52 Å². The summed E-state index contributed by atoms with van der Waals surface area (Å²) in [6.07, 6.45) is 13.8. The lowest BCUT2D eigenvalue weighted by Gasteiger charge is -2.15. The summed E-state index contributed by atoms with van der Waals surface area (Å²) in [4.78, 5) is 25.2. The van der Waals surface area contributed by atoms with Gasteiger partial charge in [0.25, 0.3) is 0 Å². The summed E-state index contributed by atoms with van der Waals surface area (Å²) in [6.45, 7) is 4.40. The number of nitrogens with zero attached hydrogens (tertiary/aromatic N) is 1. The summed E-state index contributed by atoms with van der Waals surface area (Å²) in [5.74, 6) is -0.646. The van der Waals surface area contributed by atoms with Gasteiger partial charge in [-0.25, -0.2) is 14.6 Å². The van der Waals surface area contributed by atoms with E-state index in [0.717, 1.165) is 25.7 Å². The number of nitrogens with one attached hydrogen (secondary N) is 1. The third-order valence-corrected chi connectivity index (χ3v) is 4.20. The van der Waals surface area contributed by atoms with Crippen molar-refractivity contribution >= 4 is 0 Å². The SMILES string of the molecule is CCCCCCCC(CCCCCCC)n1oc(=O)[nH]c1=O. The first-order chi connectivity index (χ1) is 10.7. The van der Waals surface area contributed by atoms with E-state index >= 15 is 0 Å². The van der Waals surface area contributed by atoms with E-state index in [4.69, 9.17) is 4.52 Å². The highest BCUT2D eigenvalue weighted by Crippen LogP contribution is 2.21. The molecule has 0 saturated carbocycles. The molecule has 1 heterocycles. The zero-order valence-electron chi connectivity index (χ0n) is 14.2. The third-order valence-electron chi connectivity index (χ3n) is 4.20. The number of unbranched alkanes of at least 4 members (excludes halogenated alkanes) is 8. The molecule has 1 N–H and O–H groups in total. The van der Waals surface area contributed by atoms with Crippen molar-refractivity contribution in [3.05, 3.63) is 21.0 Å². The molecule has 1 rings (SSSR count). The molecule has 0 bridgehead atoms. The van der Waals surface area contributed by atoms with Gasteiger partial charge in [-0.3, -0.25) is 0 Å². The van der Waals surface area contributed by atoms with E-state index in [0.29, 0.717) is 0 Å². The first-order valence-electron chi connectivity index (χ1n) is 9.01. The Bertz CT molecular complexity index is 473. The van der Waals surface area contributed by atoms with Crippen LogP contribution in [0.5, 0.6) is 0 Å². The molecule has 0 fully saturated rings. The topological polar surface area (TPSA) is 68.0 Å². The second-order valence-corrected chi connectivity index (χ2v) is 6.19. The number of rotatable bonds is 13. The van der Waals surface area contributed by atoms with Crippen molar-refractivity contribution in [2.24, 2.45) is 0 Å². The quantitative estimate of drug-likeness (QED) is 0.549. The van der Waals surface area contributed by atoms with Gasteiger partial charge in [0, 0.05) is 0 Å². The zero-order valence-corrected chi connectivity index (χ0v) is 14.2. The van der Waals surface area contributed by atoms with Gasteiger partial charge >= 0.3 is 11.4 Å². The van der Waals surface area contributed by atoms with Crippen LogP contribution in [0.15, 0.2) is 14.1 Å². The fourth-order valence-corrected chi connectivity index (χ4v) is 2.88. The average Bonchev–Trinajstić information content (AvgIpc) is 2.83. The Morgan fingerprint density at radius 3 is 1.77 bits per heavy atom. The van der Waals surface area contributed by atoms with Crippen molar-refractivity contribution in [1.29, 1.82) is 0 Å². The molecule has 0 aromatic carbocycles. The molecule has 0 amide bonds. The van der Waals surface area contributed by atoms with Gasteiger partial charge in [0.1, 0.15) is 0 Å². The van der Waals surface area contributed by atoms with Gasteiger partial charge < -0.3 is 4.52 Å². The highest BCUT2D eigenvalue weighted by atomic mass is 16.5. The van der Waals surface area contributed by atoms with Crippen molar-refractivity contribution in [3.8, 4) is 0 Å². The smallest absolute Gasteiger partial charge is 0.317 e. The summed E-state index contributed by atoms with van der Waals surface area (Å²) in [6, 6.07) is 0.0229. The van der Waals surface area contributed by atoms with Gasteiger partial charge in [-0.1, -0.05) is 78.1 Å². The van der Waals surface area contributed by atoms with E-state index in [1.165, 1.54) is 56.1 Å². The number of H-pyrrole nitrogens is 1. The highest BCUT2D eigenvalue weighted by Gasteiger charge is 2.16. The van der Waals surface area contributed by atoms with Gasteiger partial charge in [0.2, 0.25) is 0 Å². The van der Waals surface area contributed by atoms with Crippen LogP contribution in [0.25, 0.3) is 0 Å². The molecule has 5 heteroatoms.